The average molecular weight is 387 g/mol. The van der Waals surface area contributed by atoms with Crippen molar-refractivity contribution >= 4 is 11.8 Å². The Morgan fingerprint density at radius 1 is 0.857 bits per heavy atom. The fourth-order valence-corrected chi connectivity index (χ4v) is 2.67. The molecule has 0 unspecified atom stereocenters. The standard InChI is InChI=1S/C18H20N2O2.3C2H6/c21-18(22-15-10-12-19-13-11-15)20-17-9-5-4-8-16(17)14-6-2-1-3-7-14;3*1-2/h1-9,15,19H,10-13H2,(H,20,21);3*1-2H3. The van der Waals surface area contributed by atoms with Crippen LogP contribution >= 0.6 is 0 Å². The van der Waals surface area contributed by atoms with Crippen LogP contribution in [0.1, 0.15) is 54.4 Å². The molecule has 0 bridgehead atoms. The van der Waals surface area contributed by atoms with Crippen LogP contribution in [0.4, 0.5) is 10.5 Å². The summed E-state index contributed by atoms with van der Waals surface area (Å²) < 4.78 is 5.50. The van der Waals surface area contributed by atoms with Gasteiger partial charge in [0.2, 0.25) is 0 Å². The highest BCUT2D eigenvalue weighted by Crippen LogP contribution is 2.27. The van der Waals surface area contributed by atoms with Crippen molar-refractivity contribution in [3.8, 4) is 11.1 Å². The van der Waals surface area contributed by atoms with Crippen LogP contribution in [-0.2, 0) is 4.74 Å². The van der Waals surface area contributed by atoms with Crippen LogP contribution in [0.2, 0.25) is 0 Å². The van der Waals surface area contributed by atoms with E-state index in [4.69, 9.17) is 4.74 Å². The van der Waals surface area contributed by atoms with Gasteiger partial charge in [-0.05, 0) is 37.6 Å². The number of anilines is 1. The summed E-state index contributed by atoms with van der Waals surface area (Å²) in [6.45, 7) is 13.8. The average Bonchev–Trinajstić information content (AvgIpc) is 2.79. The Bertz CT molecular complexity index is 624. The maximum Gasteiger partial charge on any atom is 0.411 e. The van der Waals surface area contributed by atoms with Crippen molar-refractivity contribution in [2.24, 2.45) is 0 Å². The van der Waals surface area contributed by atoms with Gasteiger partial charge in [0.1, 0.15) is 6.10 Å². The third-order valence-electron chi connectivity index (χ3n) is 3.81. The van der Waals surface area contributed by atoms with Crippen LogP contribution in [0.5, 0.6) is 0 Å². The zero-order valence-corrected chi connectivity index (χ0v) is 18.4. The zero-order valence-electron chi connectivity index (χ0n) is 18.4. The lowest BCUT2D eigenvalue weighted by Gasteiger charge is -2.23. The number of ether oxygens (including phenoxy) is 1. The van der Waals surface area contributed by atoms with E-state index in [1.54, 1.807) is 0 Å². The summed E-state index contributed by atoms with van der Waals surface area (Å²) in [5, 5.41) is 6.13. The van der Waals surface area contributed by atoms with Gasteiger partial charge in [-0.2, -0.15) is 0 Å². The third-order valence-corrected chi connectivity index (χ3v) is 3.81. The quantitative estimate of drug-likeness (QED) is 0.614. The first-order valence-electron chi connectivity index (χ1n) is 10.7. The second kappa shape index (κ2) is 16.8. The van der Waals surface area contributed by atoms with Crippen LogP contribution in [0.15, 0.2) is 54.6 Å². The van der Waals surface area contributed by atoms with Gasteiger partial charge < -0.3 is 10.1 Å². The molecule has 1 heterocycles. The highest BCUT2D eigenvalue weighted by atomic mass is 16.6. The molecule has 3 rings (SSSR count). The van der Waals surface area contributed by atoms with E-state index >= 15 is 0 Å². The van der Waals surface area contributed by atoms with Gasteiger partial charge in [0.05, 0.1) is 5.69 Å². The Morgan fingerprint density at radius 2 is 1.39 bits per heavy atom. The molecular formula is C24H38N2O2. The van der Waals surface area contributed by atoms with Crippen LogP contribution in [0.25, 0.3) is 11.1 Å². The molecule has 1 saturated heterocycles. The number of piperidine rings is 1. The minimum absolute atomic E-state index is 0.00476. The van der Waals surface area contributed by atoms with E-state index in [9.17, 15) is 4.79 Å². The van der Waals surface area contributed by atoms with E-state index in [1.165, 1.54) is 0 Å². The molecule has 2 aromatic rings. The Labute approximate surface area is 171 Å². The molecule has 0 atom stereocenters. The van der Waals surface area contributed by atoms with Gasteiger partial charge >= 0.3 is 6.09 Å². The highest BCUT2D eigenvalue weighted by Gasteiger charge is 2.18. The number of hydrogen-bond acceptors (Lipinski definition) is 3. The van der Waals surface area contributed by atoms with Gasteiger partial charge in [0, 0.05) is 5.56 Å². The first-order chi connectivity index (χ1) is 13.8. The Hall–Kier alpha value is -2.33. The van der Waals surface area contributed by atoms with E-state index < -0.39 is 0 Å². The molecule has 0 spiro atoms. The van der Waals surface area contributed by atoms with Crippen LogP contribution in [0, 0.1) is 0 Å². The molecule has 1 amide bonds. The number of hydrogen-bond donors (Lipinski definition) is 2. The maximum atomic E-state index is 12.1. The van der Waals surface area contributed by atoms with Crippen molar-refractivity contribution in [2.75, 3.05) is 18.4 Å². The maximum absolute atomic E-state index is 12.1. The van der Waals surface area contributed by atoms with E-state index in [1.807, 2.05) is 96.1 Å². The predicted molar refractivity (Wildman–Crippen MR) is 122 cm³/mol. The Kier molecular flexibility index (Phi) is 15.4. The van der Waals surface area contributed by atoms with E-state index in [-0.39, 0.29) is 12.2 Å². The lowest BCUT2D eigenvalue weighted by atomic mass is 10.0. The number of rotatable bonds is 3. The largest absolute Gasteiger partial charge is 0.446 e. The summed E-state index contributed by atoms with van der Waals surface area (Å²) in [4.78, 5) is 12.1. The molecule has 4 nitrogen and oxygen atoms in total. The third kappa shape index (κ3) is 9.05. The Morgan fingerprint density at radius 3 is 2.00 bits per heavy atom. The minimum Gasteiger partial charge on any atom is -0.446 e. The number of nitrogens with one attached hydrogen (secondary N) is 2. The molecule has 4 heteroatoms. The molecule has 0 aliphatic carbocycles. The molecule has 0 aromatic heterocycles. The molecule has 1 aliphatic rings. The topological polar surface area (TPSA) is 50.4 Å². The lowest BCUT2D eigenvalue weighted by molar-refractivity contribution is 0.0909. The van der Waals surface area contributed by atoms with E-state index in [0.29, 0.717) is 0 Å². The van der Waals surface area contributed by atoms with Gasteiger partial charge in [-0.3, -0.25) is 5.32 Å². The summed E-state index contributed by atoms with van der Waals surface area (Å²) in [7, 11) is 0. The molecular weight excluding hydrogens is 348 g/mol. The predicted octanol–water partition coefficient (Wildman–Crippen LogP) is 6.73. The molecule has 0 saturated carbocycles. The van der Waals surface area contributed by atoms with Gasteiger partial charge in [-0.15, -0.1) is 0 Å². The summed E-state index contributed by atoms with van der Waals surface area (Å²) >= 11 is 0. The number of carbonyl (C=O) groups excluding carboxylic acids is 1. The van der Waals surface area contributed by atoms with Crippen molar-refractivity contribution in [1.82, 2.24) is 5.32 Å². The molecule has 2 aromatic carbocycles. The Balaban J connectivity index is 0.00000111. The van der Waals surface area contributed by atoms with Crippen molar-refractivity contribution in [1.29, 1.82) is 0 Å². The van der Waals surface area contributed by atoms with Crippen LogP contribution < -0.4 is 10.6 Å². The summed E-state index contributed by atoms with van der Waals surface area (Å²) in [5.74, 6) is 0. The van der Waals surface area contributed by atoms with Gasteiger partial charge in [-0.1, -0.05) is 90.1 Å². The molecule has 0 radical (unpaired) electrons. The van der Waals surface area contributed by atoms with Gasteiger partial charge in [0.25, 0.3) is 0 Å². The second-order valence-electron chi connectivity index (χ2n) is 5.39. The first kappa shape index (κ1) is 25.7. The van der Waals surface area contributed by atoms with Gasteiger partial charge in [0.15, 0.2) is 0 Å². The fraction of sp³-hybridized carbons (Fsp3) is 0.458. The summed E-state index contributed by atoms with van der Waals surface area (Å²) in [6, 6.07) is 17.8. The van der Waals surface area contributed by atoms with E-state index in [2.05, 4.69) is 10.6 Å². The first-order valence-corrected chi connectivity index (χ1v) is 10.7. The molecule has 156 valence electrons. The molecule has 1 aliphatic heterocycles. The number of para-hydroxylation sites is 1. The summed E-state index contributed by atoms with van der Waals surface area (Å²) in [6.07, 6.45) is 1.36. The fourth-order valence-electron chi connectivity index (χ4n) is 2.67. The van der Waals surface area contributed by atoms with Crippen molar-refractivity contribution in [3.05, 3.63) is 54.6 Å². The smallest absolute Gasteiger partial charge is 0.411 e. The second-order valence-corrected chi connectivity index (χ2v) is 5.39. The normalized spacial score (nSPS) is 12.6. The highest BCUT2D eigenvalue weighted by molar-refractivity contribution is 5.91. The van der Waals surface area contributed by atoms with Crippen LogP contribution in [-0.4, -0.2) is 25.3 Å². The van der Waals surface area contributed by atoms with Crippen LogP contribution in [0.3, 0.4) is 0 Å². The molecule has 2 N–H and O–H groups in total. The number of carbonyl (C=O) groups is 1. The van der Waals surface area contributed by atoms with Crippen molar-refractivity contribution in [2.45, 2.75) is 60.5 Å². The van der Waals surface area contributed by atoms with Crippen molar-refractivity contribution < 1.29 is 9.53 Å². The van der Waals surface area contributed by atoms with Crippen molar-refractivity contribution in [3.63, 3.8) is 0 Å². The number of benzene rings is 2. The van der Waals surface area contributed by atoms with Gasteiger partial charge in [-0.25, -0.2) is 4.79 Å². The zero-order chi connectivity index (χ0) is 21.2. The monoisotopic (exact) mass is 386 g/mol. The minimum atomic E-state index is -0.379. The lowest BCUT2D eigenvalue weighted by Crippen LogP contribution is -2.34. The summed E-state index contributed by atoms with van der Waals surface area (Å²) in [5.41, 5.74) is 2.83. The number of amides is 1. The molecule has 1 fully saturated rings. The molecule has 28 heavy (non-hydrogen) atoms. The SMILES string of the molecule is CC.CC.CC.O=C(Nc1ccccc1-c1ccccc1)OC1CCNCC1. The van der Waals surface area contributed by atoms with E-state index in [0.717, 1.165) is 42.7 Å².